The van der Waals surface area contributed by atoms with Gasteiger partial charge in [-0.15, -0.1) is 11.6 Å². The maximum atomic E-state index is 9.99. The zero-order valence-electron chi connectivity index (χ0n) is 9.58. The van der Waals surface area contributed by atoms with Gasteiger partial charge in [0.25, 0.3) is 0 Å². The Morgan fingerprint density at radius 3 is 2.69 bits per heavy atom. The summed E-state index contributed by atoms with van der Waals surface area (Å²) in [5, 5.41) is 9.99. The zero-order chi connectivity index (χ0) is 11.4. The first-order valence-electron chi connectivity index (χ1n) is 6.17. The smallest absolute Gasteiger partial charge is 0.0790 e. The second-order valence-electron chi connectivity index (χ2n) is 4.58. The molecule has 0 saturated heterocycles. The highest BCUT2D eigenvalue weighted by molar-refractivity contribution is 6.17. The van der Waals surface area contributed by atoms with E-state index in [0.29, 0.717) is 5.88 Å². The third kappa shape index (κ3) is 2.78. The Balaban J connectivity index is 2.10. The topological polar surface area (TPSA) is 20.2 Å². The van der Waals surface area contributed by atoms with Crippen molar-refractivity contribution in [1.29, 1.82) is 0 Å². The highest BCUT2D eigenvalue weighted by Gasteiger charge is 2.12. The van der Waals surface area contributed by atoms with Gasteiger partial charge in [-0.3, -0.25) is 0 Å². The minimum absolute atomic E-state index is 0.342. The van der Waals surface area contributed by atoms with Gasteiger partial charge in [-0.25, -0.2) is 0 Å². The first-order valence-corrected chi connectivity index (χ1v) is 6.70. The molecule has 2 heteroatoms. The molecule has 1 N–H and O–H groups in total. The van der Waals surface area contributed by atoms with Crippen molar-refractivity contribution in [3.05, 3.63) is 34.9 Å². The summed E-state index contributed by atoms with van der Waals surface area (Å²) in [6.45, 7) is 0. The van der Waals surface area contributed by atoms with Crippen LogP contribution in [-0.2, 0) is 12.8 Å². The van der Waals surface area contributed by atoms with Crippen molar-refractivity contribution in [3.63, 3.8) is 0 Å². The van der Waals surface area contributed by atoms with Gasteiger partial charge in [0.1, 0.15) is 0 Å². The molecule has 0 saturated carbocycles. The van der Waals surface area contributed by atoms with Crippen molar-refractivity contribution in [2.75, 3.05) is 5.88 Å². The molecule has 0 spiro atoms. The van der Waals surface area contributed by atoms with Crippen molar-refractivity contribution in [3.8, 4) is 0 Å². The largest absolute Gasteiger partial charge is 0.388 e. The number of benzene rings is 1. The average Bonchev–Trinajstić information content (AvgIpc) is 2.35. The van der Waals surface area contributed by atoms with Crippen molar-refractivity contribution >= 4 is 11.6 Å². The molecule has 1 unspecified atom stereocenters. The molecule has 1 aromatic carbocycles. The molecule has 1 nitrogen and oxygen atoms in total. The highest BCUT2D eigenvalue weighted by Crippen LogP contribution is 2.26. The van der Waals surface area contributed by atoms with Crippen LogP contribution in [0.2, 0.25) is 0 Å². The van der Waals surface area contributed by atoms with Crippen LogP contribution < -0.4 is 0 Å². The highest BCUT2D eigenvalue weighted by atomic mass is 35.5. The number of aryl methyl sites for hydroxylation is 2. The van der Waals surface area contributed by atoms with Gasteiger partial charge in [-0.05, 0) is 55.2 Å². The van der Waals surface area contributed by atoms with E-state index in [2.05, 4.69) is 18.2 Å². The number of rotatable bonds is 4. The molecule has 16 heavy (non-hydrogen) atoms. The fourth-order valence-corrected chi connectivity index (χ4v) is 2.55. The van der Waals surface area contributed by atoms with E-state index >= 15 is 0 Å². The van der Waals surface area contributed by atoms with Gasteiger partial charge in [0, 0.05) is 5.88 Å². The number of fused-ring (bicyclic) bond motifs is 1. The first-order chi connectivity index (χ1) is 7.81. The lowest BCUT2D eigenvalue weighted by atomic mass is 9.89. The van der Waals surface area contributed by atoms with E-state index in [4.69, 9.17) is 11.6 Å². The maximum absolute atomic E-state index is 9.99. The predicted octanol–water partition coefficient (Wildman–Crippen LogP) is 3.62. The third-order valence-corrected chi connectivity index (χ3v) is 3.64. The van der Waals surface area contributed by atoms with Gasteiger partial charge in [-0.1, -0.05) is 18.2 Å². The second-order valence-corrected chi connectivity index (χ2v) is 4.96. The Morgan fingerprint density at radius 2 is 1.94 bits per heavy atom. The Hall–Kier alpha value is -0.530. The van der Waals surface area contributed by atoms with E-state index in [1.807, 2.05) is 0 Å². The number of hydrogen-bond donors (Lipinski definition) is 1. The SMILES string of the molecule is OC(CCCCl)c1ccc2c(c1)CCCC2. The van der Waals surface area contributed by atoms with Crippen molar-refractivity contribution in [1.82, 2.24) is 0 Å². The summed E-state index contributed by atoms with van der Waals surface area (Å²) in [5.41, 5.74) is 3.97. The van der Waals surface area contributed by atoms with Gasteiger partial charge in [0.05, 0.1) is 6.10 Å². The Bertz CT molecular complexity index is 349. The summed E-state index contributed by atoms with van der Waals surface area (Å²) in [4.78, 5) is 0. The predicted molar refractivity (Wildman–Crippen MR) is 68.0 cm³/mol. The Kier molecular flexibility index (Phi) is 4.25. The third-order valence-electron chi connectivity index (χ3n) is 3.37. The number of halogens is 1. The molecule has 1 aliphatic rings. The van der Waals surface area contributed by atoms with Gasteiger partial charge >= 0.3 is 0 Å². The first kappa shape index (κ1) is 11.9. The van der Waals surface area contributed by atoms with Gasteiger partial charge in [0.15, 0.2) is 0 Å². The quantitative estimate of drug-likeness (QED) is 0.795. The summed E-state index contributed by atoms with van der Waals surface area (Å²) >= 11 is 5.64. The van der Waals surface area contributed by atoms with Crippen LogP contribution in [0.1, 0.15) is 48.5 Å². The molecule has 0 heterocycles. The molecule has 1 aliphatic carbocycles. The Labute approximate surface area is 102 Å². The summed E-state index contributed by atoms with van der Waals surface area (Å²) in [7, 11) is 0. The lowest BCUT2D eigenvalue weighted by Gasteiger charge is -2.18. The van der Waals surface area contributed by atoms with Crippen molar-refractivity contribution in [2.24, 2.45) is 0 Å². The molecule has 0 aromatic heterocycles. The van der Waals surface area contributed by atoms with E-state index in [1.165, 1.54) is 36.8 Å². The Morgan fingerprint density at radius 1 is 1.19 bits per heavy atom. The molecule has 88 valence electrons. The molecule has 0 bridgehead atoms. The number of aliphatic hydroxyl groups excluding tert-OH is 1. The maximum Gasteiger partial charge on any atom is 0.0790 e. The molecule has 1 aromatic rings. The van der Waals surface area contributed by atoms with Gasteiger partial charge in [0.2, 0.25) is 0 Å². The van der Waals surface area contributed by atoms with Crippen LogP contribution in [0.25, 0.3) is 0 Å². The fourth-order valence-electron chi connectivity index (χ4n) is 2.40. The average molecular weight is 239 g/mol. The molecule has 0 radical (unpaired) electrons. The fraction of sp³-hybridized carbons (Fsp3) is 0.571. The van der Waals surface area contributed by atoms with E-state index in [9.17, 15) is 5.11 Å². The summed E-state index contributed by atoms with van der Waals surface area (Å²) < 4.78 is 0. The van der Waals surface area contributed by atoms with E-state index in [-0.39, 0.29) is 6.10 Å². The van der Waals surface area contributed by atoms with Crippen LogP contribution in [0, 0.1) is 0 Å². The van der Waals surface area contributed by atoms with Crippen LogP contribution in [0.5, 0.6) is 0 Å². The normalized spacial score (nSPS) is 16.9. The number of hydrogen-bond acceptors (Lipinski definition) is 1. The van der Waals surface area contributed by atoms with Crippen molar-refractivity contribution < 1.29 is 5.11 Å². The van der Waals surface area contributed by atoms with Gasteiger partial charge in [-0.2, -0.15) is 0 Å². The van der Waals surface area contributed by atoms with Crippen LogP contribution in [-0.4, -0.2) is 11.0 Å². The van der Waals surface area contributed by atoms with E-state index in [1.54, 1.807) is 0 Å². The molecule has 0 amide bonds. The lowest BCUT2D eigenvalue weighted by molar-refractivity contribution is 0.166. The van der Waals surface area contributed by atoms with Crippen LogP contribution in [0.3, 0.4) is 0 Å². The minimum atomic E-state index is -0.342. The number of aliphatic hydroxyl groups is 1. The number of alkyl halides is 1. The van der Waals surface area contributed by atoms with Crippen LogP contribution in [0.4, 0.5) is 0 Å². The summed E-state index contributed by atoms with van der Waals surface area (Å²) in [5.74, 6) is 0.627. The van der Waals surface area contributed by atoms with E-state index < -0.39 is 0 Å². The van der Waals surface area contributed by atoms with Crippen LogP contribution >= 0.6 is 11.6 Å². The molecule has 0 fully saturated rings. The molecular weight excluding hydrogens is 220 g/mol. The van der Waals surface area contributed by atoms with Crippen LogP contribution in [0.15, 0.2) is 18.2 Å². The summed E-state index contributed by atoms with van der Waals surface area (Å²) in [6.07, 6.45) is 6.27. The molecular formula is C14H19ClO. The molecule has 1 atom stereocenters. The standard InChI is InChI=1S/C14H19ClO/c15-9-3-6-14(16)13-8-7-11-4-1-2-5-12(11)10-13/h7-8,10,14,16H,1-6,9H2. The molecule has 0 aliphatic heterocycles. The monoisotopic (exact) mass is 238 g/mol. The summed E-state index contributed by atoms with van der Waals surface area (Å²) in [6, 6.07) is 6.45. The zero-order valence-corrected chi connectivity index (χ0v) is 10.3. The molecule has 2 rings (SSSR count). The minimum Gasteiger partial charge on any atom is -0.388 e. The van der Waals surface area contributed by atoms with Gasteiger partial charge < -0.3 is 5.11 Å². The lowest BCUT2D eigenvalue weighted by Crippen LogP contribution is -2.05. The van der Waals surface area contributed by atoms with E-state index in [0.717, 1.165) is 18.4 Å². The second kappa shape index (κ2) is 5.70. The van der Waals surface area contributed by atoms with Crippen molar-refractivity contribution in [2.45, 2.75) is 44.6 Å².